The molecule has 1 aliphatic rings. The molecular formula is C19H26ClN3O5. The van der Waals surface area contributed by atoms with Crippen molar-refractivity contribution >= 4 is 29.5 Å². The fraction of sp³-hybridized carbons (Fsp3) is 0.526. The minimum Gasteiger partial charge on any atom is -0.482 e. The molecule has 0 unspecified atom stereocenters. The minimum atomic E-state index is -0.554. The molecule has 28 heavy (non-hydrogen) atoms. The van der Waals surface area contributed by atoms with Gasteiger partial charge in [-0.05, 0) is 45.7 Å². The van der Waals surface area contributed by atoms with E-state index in [-0.39, 0.29) is 24.5 Å². The quantitative estimate of drug-likeness (QED) is 0.742. The number of halogens is 1. The highest BCUT2D eigenvalue weighted by Crippen LogP contribution is 2.23. The Morgan fingerprint density at radius 1 is 1.14 bits per heavy atom. The molecule has 2 rings (SSSR count). The number of piperidine rings is 1. The average Bonchev–Trinajstić information content (AvgIpc) is 2.64. The lowest BCUT2D eigenvalue weighted by molar-refractivity contribution is -0.133. The number of benzene rings is 1. The molecule has 9 heteroatoms. The number of carbonyl (C=O) groups is 3. The van der Waals surface area contributed by atoms with Gasteiger partial charge in [-0.3, -0.25) is 20.4 Å². The lowest BCUT2D eigenvalue weighted by Gasteiger charge is -2.32. The van der Waals surface area contributed by atoms with Crippen LogP contribution in [0.1, 0.15) is 33.6 Å². The van der Waals surface area contributed by atoms with Gasteiger partial charge in [-0.25, -0.2) is 4.79 Å². The number of carbonyl (C=O) groups excluding carboxylic acids is 3. The highest BCUT2D eigenvalue weighted by Gasteiger charge is 2.30. The van der Waals surface area contributed by atoms with Gasteiger partial charge < -0.3 is 14.4 Å². The van der Waals surface area contributed by atoms with Crippen LogP contribution >= 0.6 is 11.6 Å². The second kappa shape index (κ2) is 9.64. The first-order chi connectivity index (χ1) is 13.2. The zero-order valence-electron chi connectivity index (χ0n) is 16.3. The third-order valence-electron chi connectivity index (χ3n) is 4.04. The van der Waals surface area contributed by atoms with Gasteiger partial charge in [0, 0.05) is 19.0 Å². The number of rotatable bonds is 4. The normalized spacial score (nSPS) is 14.9. The number of amides is 3. The Morgan fingerprint density at radius 3 is 2.39 bits per heavy atom. The molecular weight excluding hydrogens is 386 g/mol. The van der Waals surface area contributed by atoms with E-state index in [1.165, 1.54) is 0 Å². The van der Waals surface area contributed by atoms with Crippen LogP contribution in [0.5, 0.6) is 5.75 Å². The molecule has 1 heterocycles. The van der Waals surface area contributed by atoms with Crippen molar-refractivity contribution in [3.05, 3.63) is 29.3 Å². The molecule has 1 aromatic rings. The van der Waals surface area contributed by atoms with Crippen LogP contribution in [0.15, 0.2) is 24.3 Å². The van der Waals surface area contributed by atoms with Crippen LogP contribution in [0.4, 0.5) is 4.79 Å². The molecule has 0 radical (unpaired) electrons. The van der Waals surface area contributed by atoms with Gasteiger partial charge >= 0.3 is 6.09 Å². The Balaban J connectivity index is 1.69. The Hall–Kier alpha value is -2.48. The van der Waals surface area contributed by atoms with Crippen LogP contribution in [0.2, 0.25) is 5.02 Å². The first-order valence-electron chi connectivity index (χ1n) is 9.09. The maximum Gasteiger partial charge on any atom is 0.410 e. The number of ether oxygens (including phenoxy) is 2. The number of hydrazine groups is 1. The first kappa shape index (κ1) is 21.8. The Morgan fingerprint density at radius 2 is 1.79 bits per heavy atom. The van der Waals surface area contributed by atoms with Gasteiger partial charge in [0.25, 0.3) is 5.91 Å². The fourth-order valence-electron chi connectivity index (χ4n) is 2.63. The second-order valence-electron chi connectivity index (χ2n) is 7.50. The number of hydrogen-bond acceptors (Lipinski definition) is 5. The summed E-state index contributed by atoms with van der Waals surface area (Å²) in [5, 5.41) is 0.399. The van der Waals surface area contributed by atoms with E-state index in [0.717, 1.165) is 0 Å². The van der Waals surface area contributed by atoms with E-state index in [0.29, 0.717) is 36.7 Å². The Bertz CT molecular complexity index is 712. The molecule has 0 aliphatic carbocycles. The summed E-state index contributed by atoms with van der Waals surface area (Å²) in [6.07, 6.45) is 0.616. The van der Waals surface area contributed by atoms with Crippen molar-refractivity contribution in [1.82, 2.24) is 15.8 Å². The standard InChI is InChI=1S/C19H26ClN3O5/c1-19(2,3)28-18(26)23-10-8-13(9-11-23)17(25)22-21-16(24)12-27-15-7-5-4-6-14(15)20/h4-7,13H,8-12H2,1-3H3,(H,21,24)(H,22,25). The second-order valence-corrected chi connectivity index (χ2v) is 7.91. The molecule has 1 aliphatic heterocycles. The van der Waals surface area contributed by atoms with Gasteiger partial charge in [-0.2, -0.15) is 0 Å². The summed E-state index contributed by atoms with van der Waals surface area (Å²) >= 11 is 5.94. The molecule has 8 nitrogen and oxygen atoms in total. The topological polar surface area (TPSA) is 97.0 Å². The SMILES string of the molecule is CC(C)(C)OC(=O)N1CCC(C(=O)NNC(=O)COc2ccccc2Cl)CC1. The summed E-state index contributed by atoms with van der Waals surface area (Å²) in [5.74, 6) is -0.696. The molecule has 3 amide bonds. The van der Waals surface area contributed by atoms with Crippen LogP contribution in [0.25, 0.3) is 0 Å². The molecule has 0 spiro atoms. The van der Waals surface area contributed by atoms with Crippen LogP contribution in [0, 0.1) is 5.92 Å². The molecule has 1 aromatic carbocycles. The fourth-order valence-corrected chi connectivity index (χ4v) is 2.82. The molecule has 0 aromatic heterocycles. The lowest BCUT2D eigenvalue weighted by Crippen LogP contribution is -2.49. The molecule has 154 valence electrons. The smallest absolute Gasteiger partial charge is 0.410 e. The summed E-state index contributed by atoms with van der Waals surface area (Å²) in [7, 11) is 0. The van der Waals surface area contributed by atoms with E-state index in [4.69, 9.17) is 21.1 Å². The van der Waals surface area contributed by atoms with E-state index in [2.05, 4.69) is 10.9 Å². The van der Waals surface area contributed by atoms with Gasteiger partial charge in [-0.15, -0.1) is 0 Å². The van der Waals surface area contributed by atoms with E-state index < -0.39 is 11.5 Å². The van der Waals surface area contributed by atoms with E-state index >= 15 is 0 Å². The van der Waals surface area contributed by atoms with Crippen molar-refractivity contribution in [1.29, 1.82) is 0 Å². The Kier molecular flexibility index (Phi) is 7.51. The predicted molar refractivity (Wildman–Crippen MR) is 104 cm³/mol. The van der Waals surface area contributed by atoms with Crippen LogP contribution < -0.4 is 15.6 Å². The van der Waals surface area contributed by atoms with E-state index in [9.17, 15) is 14.4 Å². The van der Waals surface area contributed by atoms with Gasteiger partial charge in [0.2, 0.25) is 5.91 Å². The lowest BCUT2D eigenvalue weighted by atomic mass is 9.96. The summed E-state index contributed by atoms with van der Waals surface area (Å²) in [6.45, 7) is 6.00. The van der Waals surface area contributed by atoms with Gasteiger partial charge in [-0.1, -0.05) is 23.7 Å². The number of para-hydroxylation sites is 1. The van der Waals surface area contributed by atoms with Gasteiger partial charge in [0.1, 0.15) is 11.4 Å². The summed E-state index contributed by atoms with van der Waals surface area (Å²) in [4.78, 5) is 37.7. The maximum atomic E-state index is 12.2. The zero-order valence-corrected chi connectivity index (χ0v) is 17.0. The largest absolute Gasteiger partial charge is 0.482 e. The van der Waals surface area contributed by atoms with Crippen LogP contribution in [-0.4, -0.2) is 48.1 Å². The maximum absolute atomic E-state index is 12.2. The number of nitrogens with one attached hydrogen (secondary N) is 2. The summed E-state index contributed by atoms with van der Waals surface area (Å²) in [6, 6.07) is 6.79. The molecule has 0 saturated carbocycles. The predicted octanol–water partition coefficient (Wildman–Crippen LogP) is 2.51. The summed E-state index contributed by atoms with van der Waals surface area (Å²) < 4.78 is 10.6. The highest BCUT2D eigenvalue weighted by atomic mass is 35.5. The van der Waals surface area contributed by atoms with Crippen LogP contribution in [-0.2, 0) is 14.3 Å². The van der Waals surface area contributed by atoms with Crippen molar-refractivity contribution in [2.24, 2.45) is 5.92 Å². The van der Waals surface area contributed by atoms with E-state index in [1.807, 2.05) is 20.8 Å². The first-order valence-corrected chi connectivity index (χ1v) is 9.47. The number of hydrogen-bond donors (Lipinski definition) is 2. The van der Waals surface area contributed by atoms with Crippen molar-refractivity contribution in [2.75, 3.05) is 19.7 Å². The average molecular weight is 412 g/mol. The van der Waals surface area contributed by atoms with Gasteiger partial charge in [0.05, 0.1) is 5.02 Å². The molecule has 1 fully saturated rings. The monoisotopic (exact) mass is 411 g/mol. The molecule has 0 bridgehead atoms. The molecule has 1 saturated heterocycles. The van der Waals surface area contributed by atoms with Crippen LogP contribution in [0.3, 0.4) is 0 Å². The number of likely N-dealkylation sites (tertiary alicyclic amines) is 1. The van der Waals surface area contributed by atoms with Crippen molar-refractivity contribution in [3.63, 3.8) is 0 Å². The molecule has 2 N–H and O–H groups in total. The third kappa shape index (κ3) is 6.92. The zero-order chi connectivity index (χ0) is 20.7. The number of nitrogens with zero attached hydrogens (tertiary/aromatic N) is 1. The molecule has 0 atom stereocenters. The van der Waals surface area contributed by atoms with Crippen molar-refractivity contribution in [2.45, 2.75) is 39.2 Å². The highest BCUT2D eigenvalue weighted by molar-refractivity contribution is 6.32. The van der Waals surface area contributed by atoms with Crippen molar-refractivity contribution in [3.8, 4) is 5.75 Å². The van der Waals surface area contributed by atoms with E-state index in [1.54, 1.807) is 29.2 Å². The Labute approximate surface area is 169 Å². The summed E-state index contributed by atoms with van der Waals surface area (Å²) in [5.41, 5.74) is 4.17. The van der Waals surface area contributed by atoms with Gasteiger partial charge in [0.15, 0.2) is 6.61 Å². The third-order valence-corrected chi connectivity index (χ3v) is 4.35. The minimum absolute atomic E-state index is 0.277. The van der Waals surface area contributed by atoms with Crippen molar-refractivity contribution < 1.29 is 23.9 Å².